The average molecular weight is 370 g/mol. The van der Waals surface area contributed by atoms with Crippen LogP contribution in [-0.4, -0.2) is 32.2 Å². The van der Waals surface area contributed by atoms with Crippen LogP contribution < -0.4 is 5.32 Å². The molecule has 132 valence electrons. The van der Waals surface area contributed by atoms with Crippen LogP contribution in [0.4, 0.5) is 10.1 Å². The van der Waals surface area contributed by atoms with Crippen LogP contribution in [0.25, 0.3) is 5.69 Å². The molecule has 0 radical (unpaired) electrons. The number of benzene rings is 2. The summed E-state index contributed by atoms with van der Waals surface area (Å²) in [6, 6.07) is 11.4. The van der Waals surface area contributed by atoms with Gasteiger partial charge in [-0.15, -0.1) is 11.8 Å². The van der Waals surface area contributed by atoms with Crippen molar-refractivity contribution in [1.29, 1.82) is 0 Å². The molecular weight excluding hydrogens is 355 g/mol. The second-order valence-electron chi connectivity index (χ2n) is 5.43. The number of thioether (sulfide) groups is 1. The van der Waals surface area contributed by atoms with E-state index in [1.165, 1.54) is 25.4 Å². The van der Waals surface area contributed by atoms with Gasteiger partial charge in [-0.2, -0.15) is 5.10 Å². The molecule has 3 aromatic rings. The molecule has 1 N–H and O–H groups in total. The number of nitrogens with one attached hydrogen (secondary N) is 1. The molecule has 2 aromatic carbocycles. The second kappa shape index (κ2) is 7.92. The van der Waals surface area contributed by atoms with Crippen molar-refractivity contribution < 1.29 is 14.0 Å². The van der Waals surface area contributed by atoms with Crippen LogP contribution in [0.15, 0.2) is 60.0 Å². The first-order valence-electron chi connectivity index (χ1n) is 7.71. The lowest BCUT2D eigenvalue weighted by Crippen LogP contribution is -2.14. The summed E-state index contributed by atoms with van der Waals surface area (Å²) in [5.41, 5.74) is 1.76. The number of amides is 1. The van der Waals surface area contributed by atoms with Gasteiger partial charge in [-0.3, -0.25) is 9.59 Å². The minimum absolute atomic E-state index is 0.0567. The minimum Gasteiger partial charge on any atom is -0.325 e. The number of anilines is 1. The fraction of sp³-hybridized carbons (Fsp3) is 0.111. The molecule has 3 rings (SSSR count). The topological polar surface area (TPSA) is 76.9 Å². The van der Waals surface area contributed by atoms with Crippen LogP contribution in [0.3, 0.4) is 0 Å². The molecule has 1 heterocycles. The molecule has 26 heavy (non-hydrogen) atoms. The summed E-state index contributed by atoms with van der Waals surface area (Å²) in [4.78, 5) is 27.5. The van der Waals surface area contributed by atoms with Gasteiger partial charge in [0.1, 0.15) is 18.5 Å². The number of hydrogen-bond acceptors (Lipinski definition) is 5. The van der Waals surface area contributed by atoms with E-state index in [0.29, 0.717) is 16.1 Å². The highest BCUT2D eigenvalue weighted by Crippen LogP contribution is 2.23. The number of nitrogens with zero attached hydrogens (tertiary/aromatic N) is 3. The molecule has 0 atom stereocenters. The van der Waals surface area contributed by atoms with Crippen molar-refractivity contribution in [1.82, 2.24) is 14.8 Å². The number of aromatic nitrogens is 3. The molecule has 1 amide bonds. The van der Waals surface area contributed by atoms with Crippen LogP contribution in [0, 0.1) is 5.82 Å². The number of rotatable bonds is 6. The van der Waals surface area contributed by atoms with Gasteiger partial charge in [0.25, 0.3) is 0 Å². The lowest BCUT2D eigenvalue weighted by Gasteiger charge is -2.07. The number of carbonyl (C=O) groups is 2. The van der Waals surface area contributed by atoms with Crippen LogP contribution in [0.1, 0.15) is 17.3 Å². The normalized spacial score (nSPS) is 10.5. The first-order chi connectivity index (χ1) is 12.5. The van der Waals surface area contributed by atoms with Crippen molar-refractivity contribution in [3.05, 3.63) is 66.5 Å². The summed E-state index contributed by atoms with van der Waals surface area (Å²) in [6.45, 7) is 1.38. The number of Topliss-reactive ketones (excluding diaryl/α,β-unsaturated/α-hetero) is 1. The molecule has 0 bridgehead atoms. The summed E-state index contributed by atoms with van der Waals surface area (Å²) < 4.78 is 15.6. The quantitative estimate of drug-likeness (QED) is 0.532. The van der Waals surface area contributed by atoms with Crippen molar-refractivity contribution in [3.63, 3.8) is 0 Å². The van der Waals surface area contributed by atoms with Gasteiger partial charge in [-0.1, -0.05) is 6.07 Å². The molecular formula is C18H15FN4O2S. The summed E-state index contributed by atoms with van der Waals surface area (Å²) in [5.74, 6) is -0.903. The minimum atomic E-state index is -0.507. The van der Waals surface area contributed by atoms with Crippen molar-refractivity contribution in [2.24, 2.45) is 0 Å². The zero-order valence-electron chi connectivity index (χ0n) is 13.8. The third kappa shape index (κ3) is 4.34. The van der Waals surface area contributed by atoms with E-state index in [2.05, 4.69) is 15.4 Å². The Bertz CT molecular complexity index is 927. The average Bonchev–Trinajstić information content (AvgIpc) is 3.16. The highest BCUT2D eigenvalue weighted by atomic mass is 32.2. The molecule has 0 spiro atoms. The standard InChI is InChI=1S/C18H15FN4O2S/c1-12(24)13-2-7-17(16(19)8-13)26-9-18(25)22-14-3-5-15(6-4-14)23-11-20-10-21-23/h2-8,10-11H,9H2,1H3,(H,22,25). The van der Waals surface area contributed by atoms with E-state index in [4.69, 9.17) is 0 Å². The molecule has 0 unspecified atom stereocenters. The first-order valence-corrected chi connectivity index (χ1v) is 8.69. The largest absolute Gasteiger partial charge is 0.325 e. The Morgan fingerprint density at radius 1 is 1.19 bits per heavy atom. The fourth-order valence-electron chi connectivity index (χ4n) is 2.22. The Hall–Kier alpha value is -3.00. The lowest BCUT2D eigenvalue weighted by atomic mass is 10.1. The Kier molecular flexibility index (Phi) is 5.43. The Morgan fingerprint density at radius 2 is 1.96 bits per heavy atom. The van der Waals surface area contributed by atoms with Crippen LogP contribution in [0.2, 0.25) is 0 Å². The number of ketones is 1. The third-order valence-corrected chi connectivity index (χ3v) is 4.58. The summed E-state index contributed by atoms with van der Waals surface area (Å²) in [7, 11) is 0. The second-order valence-corrected chi connectivity index (χ2v) is 6.44. The summed E-state index contributed by atoms with van der Waals surface area (Å²) in [5, 5.41) is 6.78. The van der Waals surface area contributed by atoms with E-state index in [9.17, 15) is 14.0 Å². The van der Waals surface area contributed by atoms with E-state index < -0.39 is 5.82 Å². The maximum absolute atomic E-state index is 13.9. The monoisotopic (exact) mass is 370 g/mol. The molecule has 0 saturated heterocycles. The highest BCUT2D eigenvalue weighted by molar-refractivity contribution is 8.00. The van der Waals surface area contributed by atoms with E-state index in [1.54, 1.807) is 41.3 Å². The summed E-state index contributed by atoms with van der Waals surface area (Å²) in [6.07, 6.45) is 3.02. The molecule has 1 aromatic heterocycles. The highest BCUT2D eigenvalue weighted by Gasteiger charge is 2.10. The molecule has 6 nitrogen and oxygen atoms in total. The lowest BCUT2D eigenvalue weighted by molar-refractivity contribution is -0.113. The molecule has 0 aliphatic carbocycles. The van der Waals surface area contributed by atoms with E-state index >= 15 is 0 Å². The molecule has 0 saturated carbocycles. The SMILES string of the molecule is CC(=O)c1ccc(SCC(=O)Nc2ccc(-n3cncn3)cc2)c(F)c1. The van der Waals surface area contributed by atoms with Crippen molar-refractivity contribution in [3.8, 4) is 5.69 Å². The van der Waals surface area contributed by atoms with Gasteiger partial charge in [0.15, 0.2) is 5.78 Å². The van der Waals surface area contributed by atoms with Crippen LogP contribution in [-0.2, 0) is 4.79 Å². The van der Waals surface area contributed by atoms with Gasteiger partial charge in [-0.25, -0.2) is 14.1 Å². The Labute approximate surface area is 153 Å². The van der Waals surface area contributed by atoms with E-state index in [1.807, 2.05) is 0 Å². The van der Waals surface area contributed by atoms with Crippen molar-refractivity contribution >= 4 is 29.1 Å². The zero-order valence-corrected chi connectivity index (χ0v) is 14.7. The van der Waals surface area contributed by atoms with Gasteiger partial charge < -0.3 is 5.32 Å². The van der Waals surface area contributed by atoms with E-state index in [-0.39, 0.29) is 17.4 Å². The number of hydrogen-bond donors (Lipinski definition) is 1. The number of halogens is 1. The van der Waals surface area contributed by atoms with Gasteiger partial charge in [0, 0.05) is 16.1 Å². The predicted octanol–water partition coefficient (Wildman–Crippen LogP) is 3.34. The molecule has 0 aliphatic rings. The van der Waals surface area contributed by atoms with Gasteiger partial charge in [-0.05, 0) is 43.3 Å². The fourth-order valence-corrected chi connectivity index (χ4v) is 2.94. The molecule has 8 heteroatoms. The van der Waals surface area contributed by atoms with E-state index in [0.717, 1.165) is 17.4 Å². The van der Waals surface area contributed by atoms with Gasteiger partial charge in [0.2, 0.25) is 5.91 Å². The predicted molar refractivity (Wildman–Crippen MR) is 97.1 cm³/mol. The Balaban J connectivity index is 1.57. The molecule has 0 aliphatic heterocycles. The number of carbonyl (C=O) groups excluding carboxylic acids is 2. The molecule has 0 fully saturated rings. The van der Waals surface area contributed by atoms with Crippen LogP contribution in [0.5, 0.6) is 0 Å². The van der Waals surface area contributed by atoms with Gasteiger partial charge in [0.05, 0.1) is 11.4 Å². The third-order valence-electron chi connectivity index (χ3n) is 3.53. The van der Waals surface area contributed by atoms with Crippen molar-refractivity contribution in [2.45, 2.75) is 11.8 Å². The maximum Gasteiger partial charge on any atom is 0.234 e. The maximum atomic E-state index is 13.9. The van der Waals surface area contributed by atoms with Gasteiger partial charge >= 0.3 is 0 Å². The smallest absolute Gasteiger partial charge is 0.234 e. The summed E-state index contributed by atoms with van der Waals surface area (Å²) >= 11 is 1.08. The zero-order chi connectivity index (χ0) is 18.5. The van der Waals surface area contributed by atoms with Crippen molar-refractivity contribution in [2.75, 3.05) is 11.1 Å². The van der Waals surface area contributed by atoms with Crippen LogP contribution >= 0.6 is 11.8 Å². The Morgan fingerprint density at radius 3 is 2.58 bits per heavy atom. The first kappa shape index (κ1) is 17.8.